The molecular formula is C28H22FN5O. The number of pyridine rings is 1. The first-order valence-corrected chi connectivity index (χ1v) is 11.4. The van der Waals surface area contributed by atoms with Gasteiger partial charge < -0.3 is 4.57 Å². The van der Waals surface area contributed by atoms with Crippen molar-refractivity contribution in [2.45, 2.75) is 20.4 Å². The molecule has 0 bridgehead atoms. The molecule has 0 aliphatic carbocycles. The third-order valence-corrected chi connectivity index (χ3v) is 6.42. The molecule has 0 spiro atoms. The Morgan fingerprint density at radius 2 is 1.71 bits per heavy atom. The van der Waals surface area contributed by atoms with Crippen molar-refractivity contribution < 1.29 is 4.39 Å². The number of nitrogens with zero attached hydrogens (tertiary/aromatic N) is 5. The summed E-state index contributed by atoms with van der Waals surface area (Å²) in [5.41, 5.74) is 5.72. The van der Waals surface area contributed by atoms with E-state index in [0.717, 1.165) is 27.9 Å². The Labute approximate surface area is 200 Å². The molecule has 3 heterocycles. The van der Waals surface area contributed by atoms with Crippen molar-refractivity contribution in [1.82, 2.24) is 24.1 Å². The Bertz CT molecular complexity index is 1710. The SMILES string of the molecule is Cc1ccccc1-n1nc2c3c(F)ccc(C)c3n(Cc3ccc(-n4cccn4)cc3)cc-2c1=O. The molecule has 172 valence electrons. The number of aromatic nitrogens is 5. The molecule has 0 unspecified atom stereocenters. The quantitative estimate of drug-likeness (QED) is 0.357. The summed E-state index contributed by atoms with van der Waals surface area (Å²) in [5.74, 6) is -0.395. The molecule has 7 heteroatoms. The Balaban J connectivity index is 1.55. The van der Waals surface area contributed by atoms with Gasteiger partial charge in [0, 0.05) is 25.1 Å². The first-order chi connectivity index (χ1) is 17.0. The van der Waals surface area contributed by atoms with Crippen LogP contribution >= 0.6 is 0 Å². The second kappa shape index (κ2) is 8.06. The number of aryl methyl sites for hydroxylation is 2. The van der Waals surface area contributed by atoms with E-state index in [1.165, 1.54) is 10.7 Å². The largest absolute Gasteiger partial charge is 0.342 e. The number of rotatable bonds is 4. The normalized spacial score (nSPS) is 11.5. The summed E-state index contributed by atoms with van der Waals surface area (Å²) in [7, 11) is 0. The summed E-state index contributed by atoms with van der Waals surface area (Å²) < 4.78 is 20.4. The summed E-state index contributed by atoms with van der Waals surface area (Å²) in [4.78, 5) is 13.5. The fraction of sp³-hybridized carbons (Fsp3) is 0.107. The van der Waals surface area contributed by atoms with Crippen LogP contribution in [0.2, 0.25) is 0 Å². The van der Waals surface area contributed by atoms with Gasteiger partial charge in [-0.25, -0.2) is 9.07 Å². The number of para-hydroxylation sites is 1. The molecule has 6 rings (SSSR count). The van der Waals surface area contributed by atoms with Gasteiger partial charge in [0.2, 0.25) is 0 Å². The van der Waals surface area contributed by atoms with Crippen molar-refractivity contribution in [3.63, 3.8) is 0 Å². The maximum absolute atomic E-state index is 15.3. The van der Waals surface area contributed by atoms with Crippen LogP contribution in [0.4, 0.5) is 4.39 Å². The van der Waals surface area contributed by atoms with Gasteiger partial charge in [0.25, 0.3) is 5.56 Å². The van der Waals surface area contributed by atoms with E-state index in [-0.39, 0.29) is 5.56 Å². The van der Waals surface area contributed by atoms with Crippen LogP contribution in [0.25, 0.3) is 33.5 Å². The van der Waals surface area contributed by atoms with Gasteiger partial charge in [-0.1, -0.05) is 36.4 Å². The minimum absolute atomic E-state index is 0.264. The van der Waals surface area contributed by atoms with Crippen molar-refractivity contribution in [2.75, 3.05) is 0 Å². The van der Waals surface area contributed by atoms with Crippen molar-refractivity contribution in [2.24, 2.45) is 0 Å². The van der Waals surface area contributed by atoms with Crippen LogP contribution in [-0.4, -0.2) is 24.1 Å². The van der Waals surface area contributed by atoms with Crippen LogP contribution in [-0.2, 0) is 6.54 Å². The van der Waals surface area contributed by atoms with Gasteiger partial charge in [0.15, 0.2) is 0 Å². The molecule has 1 aromatic heterocycles. The van der Waals surface area contributed by atoms with Gasteiger partial charge in [0.05, 0.1) is 27.8 Å². The second-order valence-corrected chi connectivity index (χ2v) is 8.73. The topological polar surface area (TPSA) is 57.6 Å². The van der Waals surface area contributed by atoms with E-state index in [1.807, 2.05) is 79.2 Å². The van der Waals surface area contributed by atoms with Crippen LogP contribution in [0.3, 0.4) is 0 Å². The average molecular weight is 464 g/mol. The van der Waals surface area contributed by atoms with E-state index in [0.29, 0.717) is 28.9 Å². The fourth-order valence-electron chi connectivity index (χ4n) is 4.66. The van der Waals surface area contributed by atoms with Gasteiger partial charge in [-0.3, -0.25) is 4.79 Å². The molecule has 0 saturated heterocycles. The number of hydrogen-bond acceptors (Lipinski definition) is 3. The Morgan fingerprint density at radius 1 is 0.914 bits per heavy atom. The lowest BCUT2D eigenvalue weighted by atomic mass is 10.0. The zero-order valence-electron chi connectivity index (χ0n) is 19.3. The highest BCUT2D eigenvalue weighted by Crippen LogP contribution is 2.33. The van der Waals surface area contributed by atoms with Crippen LogP contribution in [0.1, 0.15) is 16.7 Å². The molecule has 35 heavy (non-hydrogen) atoms. The molecule has 0 N–H and O–H groups in total. The molecule has 0 fully saturated rings. The number of fused-ring (bicyclic) bond motifs is 3. The van der Waals surface area contributed by atoms with Gasteiger partial charge in [-0.2, -0.15) is 14.9 Å². The van der Waals surface area contributed by atoms with Crippen LogP contribution in [0.5, 0.6) is 0 Å². The number of hydrogen-bond donors (Lipinski definition) is 0. The zero-order chi connectivity index (χ0) is 24.1. The first-order valence-electron chi connectivity index (χ1n) is 11.4. The van der Waals surface area contributed by atoms with E-state index in [2.05, 4.69) is 10.2 Å². The predicted octanol–water partition coefficient (Wildman–Crippen LogP) is 5.28. The van der Waals surface area contributed by atoms with Gasteiger partial charge >= 0.3 is 0 Å². The highest BCUT2D eigenvalue weighted by Gasteiger charge is 2.24. The Kier molecular flexibility index (Phi) is 4.84. The molecule has 0 saturated carbocycles. The van der Waals surface area contributed by atoms with Crippen molar-refractivity contribution in [1.29, 1.82) is 0 Å². The van der Waals surface area contributed by atoms with Gasteiger partial charge in [-0.15, -0.1) is 0 Å². The van der Waals surface area contributed by atoms with Crippen molar-refractivity contribution in [3.05, 3.63) is 118 Å². The monoisotopic (exact) mass is 463 g/mol. The lowest BCUT2D eigenvalue weighted by Crippen LogP contribution is -2.16. The van der Waals surface area contributed by atoms with Gasteiger partial charge in [0.1, 0.15) is 11.5 Å². The highest BCUT2D eigenvalue weighted by molar-refractivity contribution is 5.96. The van der Waals surface area contributed by atoms with Crippen LogP contribution < -0.4 is 5.56 Å². The fourth-order valence-corrected chi connectivity index (χ4v) is 4.66. The standard InChI is InChI=1S/C28H22FN5O/c1-18-6-3-4-7-24(18)34-28(35)22-17-32(27-19(2)8-13-23(29)25(27)26(22)31-34)16-20-9-11-21(12-10-20)33-15-5-14-30-33/h3-15,17H,16H2,1-2H3. The molecule has 3 aromatic carbocycles. The maximum atomic E-state index is 15.3. The Hall–Kier alpha value is -4.52. The van der Waals surface area contributed by atoms with Crippen molar-refractivity contribution >= 4 is 10.9 Å². The van der Waals surface area contributed by atoms with Crippen LogP contribution in [0, 0.1) is 19.7 Å². The predicted molar refractivity (Wildman–Crippen MR) is 134 cm³/mol. The lowest BCUT2D eigenvalue weighted by molar-refractivity contribution is 0.638. The van der Waals surface area contributed by atoms with Gasteiger partial charge in [-0.05, 0) is 60.9 Å². The first kappa shape index (κ1) is 21.0. The summed E-state index contributed by atoms with van der Waals surface area (Å²) in [5, 5.41) is 9.23. The summed E-state index contributed by atoms with van der Waals surface area (Å²) in [6.07, 6.45) is 5.43. The Morgan fingerprint density at radius 3 is 2.46 bits per heavy atom. The summed E-state index contributed by atoms with van der Waals surface area (Å²) >= 11 is 0. The third kappa shape index (κ3) is 3.44. The molecule has 2 aliphatic rings. The summed E-state index contributed by atoms with van der Waals surface area (Å²) in [6.45, 7) is 4.35. The molecule has 0 atom stereocenters. The van der Waals surface area contributed by atoms with Crippen molar-refractivity contribution in [3.8, 4) is 22.6 Å². The molecule has 4 aromatic rings. The number of benzene rings is 3. The maximum Gasteiger partial charge on any atom is 0.282 e. The summed E-state index contributed by atoms with van der Waals surface area (Å²) in [6, 6.07) is 20.7. The molecule has 0 amide bonds. The molecule has 2 aliphatic heterocycles. The van der Waals surface area contributed by atoms with E-state index >= 15 is 4.39 Å². The second-order valence-electron chi connectivity index (χ2n) is 8.73. The molecular weight excluding hydrogens is 441 g/mol. The van der Waals surface area contributed by atoms with E-state index in [9.17, 15) is 4.79 Å². The van der Waals surface area contributed by atoms with E-state index < -0.39 is 5.82 Å². The smallest absolute Gasteiger partial charge is 0.282 e. The van der Waals surface area contributed by atoms with Crippen LogP contribution in [0.15, 0.2) is 90.1 Å². The minimum Gasteiger partial charge on any atom is -0.342 e. The molecule has 6 nitrogen and oxygen atoms in total. The van der Waals surface area contributed by atoms with E-state index in [4.69, 9.17) is 0 Å². The average Bonchev–Trinajstić information content (AvgIpc) is 3.51. The highest BCUT2D eigenvalue weighted by atomic mass is 19.1. The zero-order valence-corrected chi connectivity index (χ0v) is 19.3. The number of halogens is 1. The molecule has 0 radical (unpaired) electrons. The third-order valence-electron chi connectivity index (χ3n) is 6.42. The minimum atomic E-state index is -0.395. The lowest BCUT2D eigenvalue weighted by Gasteiger charge is -2.16. The van der Waals surface area contributed by atoms with E-state index in [1.54, 1.807) is 23.1 Å².